The second-order valence-electron chi connectivity index (χ2n) is 4.56. The number of benzene rings is 1. The van der Waals surface area contributed by atoms with Gasteiger partial charge in [-0.3, -0.25) is 15.8 Å². The Labute approximate surface area is 131 Å². The summed E-state index contributed by atoms with van der Waals surface area (Å²) in [5.74, 6) is 5.74. The summed E-state index contributed by atoms with van der Waals surface area (Å²) in [6.45, 7) is 0. The molecule has 0 spiro atoms. The van der Waals surface area contributed by atoms with E-state index in [2.05, 4.69) is 15.4 Å². The molecule has 2 heterocycles. The van der Waals surface area contributed by atoms with Crippen molar-refractivity contribution < 1.29 is 0 Å². The summed E-state index contributed by atoms with van der Waals surface area (Å²) in [4.78, 5) is 8.44. The summed E-state index contributed by atoms with van der Waals surface area (Å²) in [6, 6.07) is 9.20. The van der Waals surface area contributed by atoms with Gasteiger partial charge in [0.05, 0.1) is 21.8 Å². The van der Waals surface area contributed by atoms with Crippen molar-refractivity contribution in [3.8, 4) is 0 Å². The van der Waals surface area contributed by atoms with Crippen LogP contribution in [0.4, 0.5) is 0 Å². The Bertz CT molecular complexity index is 786. The van der Waals surface area contributed by atoms with Crippen LogP contribution in [-0.2, 0) is 0 Å². The molecule has 6 heteroatoms. The molecule has 21 heavy (non-hydrogen) atoms. The van der Waals surface area contributed by atoms with Crippen LogP contribution in [0.25, 0.3) is 10.8 Å². The summed E-state index contributed by atoms with van der Waals surface area (Å²) in [5, 5.41) is 3.03. The molecule has 0 saturated carbocycles. The molecule has 1 atom stereocenters. The van der Waals surface area contributed by atoms with Gasteiger partial charge in [0.15, 0.2) is 0 Å². The third-order valence-corrected chi connectivity index (χ3v) is 3.81. The molecule has 0 radical (unpaired) electrons. The quantitative estimate of drug-likeness (QED) is 0.573. The van der Waals surface area contributed by atoms with Crippen molar-refractivity contribution in [2.45, 2.75) is 6.04 Å². The third kappa shape index (κ3) is 2.71. The number of nitrogens with one attached hydrogen (secondary N) is 1. The fraction of sp³-hybridized carbons (Fsp3) is 0.0667. The van der Waals surface area contributed by atoms with Gasteiger partial charge in [-0.15, -0.1) is 0 Å². The molecule has 0 aliphatic heterocycles. The summed E-state index contributed by atoms with van der Waals surface area (Å²) in [5.41, 5.74) is 4.39. The minimum absolute atomic E-state index is 0.333. The van der Waals surface area contributed by atoms with Gasteiger partial charge < -0.3 is 0 Å². The topological polar surface area (TPSA) is 63.8 Å². The van der Waals surface area contributed by atoms with Crippen LogP contribution in [0.15, 0.2) is 48.9 Å². The van der Waals surface area contributed by atoms with Crippen LogP contribution in [-0.4, -0.2) is 9.97 Å². The average molecular weight is 319 g/mol. The molecule has 0 saturated heterocycles. The predicted molar refractivity (Wildman–Crippen MR) is 85.2 cm³/mol. The van der Waals surface area contributed by atoms with Gasteiger partial charge in [0.25, 0.3) is 0 Å². The van der Waals surface area contributed by atoms with Crippen LogP contribution in [0, 0.1) is 0 Å². The van der Waals surface area contributed by atoms with Gasteiger partial charge in [-0.05, 0) is 23.1 Å². The zero-order chi connectivity index (χ0) is 14.8. The monoisotopic (exact) mass is 318 g/mol. The first kappa shape index (κ1) is 14.2. The van der Waals surface area contributed by atoms with Crippen LogP contribution in [0.5, 0.6) is 0 Å². The summed E-state index contributed by atoms with van der Waals surface area (Å²) in [7, 11) is 0. The first-order valence-electron chi connectivity index (χ1n) is 6.30. The van der Waals surface area contributed by atoms with Gasteiger partial charge in [0, 0.05) is 24.0 Å². The van der Waals surface area contributed by atoms with Gasteiger partial charge in [0.1, 0.15) is 0 Å². The largest absolute Gasteiger partial charge is 0.271 e. The van der Waals surface area contributed by atoms with Gasteiger partial charge in [-0.1, -0.05) is 41.4 Å². The van der Waals surface area contributed by atoms with E-state index in [0.717, 1.165) is 16.3 Å². The van der Waals surface area contributed by atoms with Gasteiger partial charge in [-0.25, -0.2) is 5.43 Å². The number of fused-ring (bicyclic) bond motifs is 1. The summed E-state index contributed by atoms with van der Waals surface area (Å²) < 4.78 is 0. The molecule has 0 fully saturated rings. The highest BCUT2D eigenvalue weighted by atomic mass is 35.5. The molecule has 106 valence electrons. The molecule has 3 rings (SSSR count). The zero-order valence-corrected chi connectivity index (χ0v) is 12.4. The number of rotatable bonds is 3. The number of nitrogens with zero attached hydrogens (tertiary/aromatic N) is 2. The second kappa shape index (κ2) is 5.95. The molecule has 2 aromatic heterocycles. The van der Waals surface area contributed by atoms with Crippen molar-refractivity contribution in [2.75, 3.05) is 0 Å². The van der Waals surface area contributed by atoms with E-state index in [9.17, 15) is 0 Å². The van der Waals surface area contributed by atoms with E-state index >= 15 is 0 Å². The normalized spacial score (nSPS) is 12.5. The van der Waals surface area contributed by atoms with Crippen LogP contribution >= 0.6 is 23.2 Å². The fourth-order valence-corrected chi connectivity index (χ4v) is 2.84. The Hall–Kier alpha value is -1.72. The van der Waals surface area contributed by atoms with Crippen LogP contribution in [0.2, 0.25) is 10.0 Å². The second-order valence-corrected chi connectivity index (χ2v) is 5.41. The van der Waals surface area contributed by atoms with E-state index in [4.69, 9.17) is 29.0 Å². The minimum Gasteiger partial charge on any atom is -0.271 e. The third-order valence-electron chi connectivity index (χ3n) is 3.30. The van der Waals surface area contributed by atoms with Gasteiger partial charge >= 0.3 is 0 Å². The van der Waals surface area contributed by atoms with Crippen molar-refractivity contribution in [1.29, 1.82) is 0 Å². The van der Waals surface area contributed by atoms with E-state index < -0.39 is 0 Å². The van der Waals surface area contributed by atoms with Crippen LogP contribution < -0.4 is 11.3 Å². The van der Waals surface area contributed by atoms with E-state index in [1.165, 1.54) is 0 Å². The Balaban J connectivity index is 2.18. The summed E-state index contributed by atoms with van der Waals surface area (Å²) in [6.07, 6.45) is 5.11. The van der Waals surface area contributed by atoms with Gasteiger partial charge in [-0.2, -0.15) is 0 Å². The number of hydrazine groups is 1. The SMILES string of the molecule is NNC(c1ncc(Cl)cc1Cl)c1cccc2cnccc12. The molecule has 0 aliphatic rings. The maximum Gasteiger partial charge on any atom is 0.0902 e. The number of nitrogens with two attached hydrogens (primary N) is 1. The van der Waals surface area contributed by atoms with E-state index in [-0.39, 0.29) is 6.04 Å². The fourth-order valence-electron chi connectivity index (χ4n) is 2.35. The maximum absolute atomic E-state index is 6.25. The first-order valence-corrected chi connectivity index (χ1v) is 7.06. The number of pyridine rings is 2. The van der Waals surface area contributed by atoms with E-state index in [0.29, 0.717) is 15.7 Å². The Kier molecular flexibility index (Phi) is 4.03. The standard InChI is InChI=1S/C15H12Cl2N4/c16-10-6-13(17)15(20-8-10)14(21-18)12-3-1-2-9-7-19-5-4-11(9)12/h1-8,14,21H,18H2. The lowest BCUT2D eigenvalue weighted by Crippen LogP contribution is -2.30. The zero-order valence-electron chi connectivity index (χ0n) is 10.9. The Morgan fingerprint density at radius 3 is 2.76 bits per heavy atom. The summed E-state index contributed by atoms with van der Waals surface area (Å²) >= 11 is 12.1. The predicted octanol–water partition coefficient (Wildman–Crippen LogP) is 3.49. The van der Waals surface area contributed by atoms with E-state index in [1.807, 2.05) is 30.5 Å². The van der Waals surface area contributed by atoms with Crippen molar-refractivity contribution in [2.24, 2.45) is 5.84 Å². The molecular formula is C15H12Cl2N4. The lowest BCUT2D eigenvalue weighted by molar-refractivity contribution is 0.625. The molecule has 3 aromatic rings. The first-order chi connectivity index (χ1) is 10.2. The number of halogens is 2. The Morgan fingerprint density at radius 1 is 1.14 bits per heavy atom. The molecule has 0 bridgehead atoms. The van der Waals surface area contributed by atoms with Crippen molar-refractivity contribution in [1.82, 2.24) is 15.4 Å². The van der Waals surface area contributed by atoms with Crippen LogP contribution in [0.1, 0.15) is 17.3 Å². The van der Waals surface area contributed by atoms with E-state index in [1.54, 1.807) is 18.5 Å². The molecule has 3 N–H and O–H groups in total. The molecule has 4 nitrogen and oxygen atoms in total. The maximum atomic E-state index is 6.25. The molecule has 0 aliphatic carbocycles. The lowest BCUT2D eigenvalue weighted by Gasteiger charge is -2.19. The highest BCUT2D eigenvalue weighted by Gasteiger charge is 2.19. The Morgan fingerprint density at radius 2 is 2.00 bits per heavy atom. The van der Waals surface area contributed by atoms with Crippen molar-refractivity contribution in [3.05, 3.63) is 70.2 Å². The number of aromatic nitrogens is 2. The number of hydrogen-bond acceptors (Lipinski definition) is 4. The smallest absolute Gasteiger partial charge is 0.0902 e. The highest BCUT2D eigenvalue weighted by molar-refractivity contribution is 6.34. The molecule has 1 aromatic carbocycles. The highest BCUT2D eigenvalue weighted by Crippen LogP contribution is 2.31. The van der Waals surface area contributed by atoms with Gasteiger partial charge in [0.2, 0.25) is 0 Å². The lowest BCUT2D eigenvalue weighted by atomic mass is 9.98. The molecular weight excluding hydrogens is 307 g/mol. The van der Waals surface area contributed by atoms with Crippen LogP contribution in [0.3, 0.4) is 0 Å². The average Bonchev–Trinajstić information content (AvgIpc) is 2.50. The van der Waals surface area contributed by atoms with Crippen molar-refractivity contribution >= 4 is 34.0 Å². The molecule has 1 unspecified atom stereocenters. The number of hydrogen-bond donors (Lipinski definition) is 2. The van der Waals surface area contributed by atoms with Crippen molar-refractivity contribution in [3.63, 3.8) is 0 Å². The molecule has 0 amide bonds. The minimum atomic E-state index is -0.333.